The second-order valence-electron chi connectivity index (χ2n) is 21.3. The predicted molar refractivity (Wildman–Crippen MR) is 283 cm³/mol. The quantitative estimate of drug-likeness (QED) is 0.0365. The zero-order valence-corrected chi connectivity index (χ0v) is 45.2. The standard InChI is InChI=1S/C47H51NO14.C12H19N3O/c1-25-31(60-43(56)36(52)35(28-16-10-7-11-17-28)48-41(54)29-18-12-8-13-19-29)23-47(57)40(61-42(55)30-20-14-9-15-21-30)38-45(6,32(51)22-33-46(38,24-58-33)62-27(3)50)39(53)37(59-26(2)49)34(25)44(47,4)5;1-9(2)15-12(16)11-6-4-10(5-7-11)8-14-13-3/h7-21,31-33,35-38,40,51-52,57H,22-24H2,1-6H3,(H,48,54);4-7,9,13-14H,8H2,1-3H3,(H,15,16)/t31-,32-,33+,35-,36+,37+,38-,40-,45+,46-,47+;/m0./s1. The fourth-order valence-electron chi connectivity index (χ4n) is 11.5. The molecule has 2 saturated carbocycles. The van der Waals surface area contributed by atoms with Crippen molar-refractivity contribution in [2.24, 2.45) is 16.7 Å². The summed E-state index contributed by atoms with van der Waals surface area (Å²) in [5.74, 6) is -6.87. The molecule has 2 bridgehead atoms. The number of aliphatic hydroxyl groups is 3. The fraction of sp³-hybridized carbons (Fsp3) is 0.441. The van der Waals surface area contributed by atoms with Crippen LogP contribution in [0.4, 0.5) is 0 Å². The van der Waals surface area contributed by atoms with Crippen molar-refractivity contribution in [3.63, 3.8) is 0 Å². The number of hydrogen-bond donors (Lipinski definition) is 7. The Balaban J connectivity index is 0.000000473. The van der Waals surface area contributed by atoms with Crippen LogP contribution in [0, 0.1) is 16.7 Å². The van der Waals surface area contributed by atoms with E-state index in [1.807, 2.05) is 45.2 Å². The third kappa shape index (κ3) is 11.5. The summed E-state index contributed by atoms with van der Waals surface area (Å²) in [6.07, 6.45) is -10.5. The van der Waals surface area contributed by atoms with Crippen LogP contribution in [-0.2, 0) is 49.4 Å². The number of rotatable bonds is 15. The number of Topliss-reactive ketones (excluding diaryl/α,β-unsaturated/α-hetero) is 1. The first-order valence-corrected chi connectivity index (χ1v) is 25.9. The molecule has 8 rings (SSSR count). The van der Waals surface area contributed by atoms with Crippen LogP contribution in [0.2, 0.25) is 0 Å². The first kappa shape index (κ1) is 58.6. The molecule has 1 saturated heterocycles. The molecule has 416 valence electrons. The molecule has 11 atom stereocenters. The van der Waals surface area contributed by atoms with E-state index in [1.165, 1.54) is 26.0 Å². The highest BCUT2D eigenvalue weighted by Gasteiger charge is 2.78. The molecule has 1 heterocycles. The summed E-state index contributed by atoms with van der Waals surface area (Å²) >= 11 is 0. The number of aliphatic hydroxyl groups excluding tert-OH is 2. The van der Waals surface area contributed by atoms with Gasteiger partial charge in [0.25, 0.3) is 11.8 Å². The van der Waals surface area contributed by atoms with Gasteiger partial charge in [-0.3, -0.25) is 34.8 Å². The first-order valence-electron chi connectivity index (χ1n) is 25.9. The summed E-state index contributed by atoms with van der Waals surface area (Å²) in [7, 11) is 1.82. The molecular weight excluding hydrogens is 1000 g/mol. The SMILES string of the molecule is CC(=O)O[C@H]1C(=O)[C@@]2(C)[C@H]([C@H](OC(=O)c3ccccc3)[C@]3(O)C[C@H](OC(=O)[C@H](O)[C@@H](NC(=O)c4ccccc4)c4ccccc4)C(C)=C1C3(C)C)[C@]1(OC(C)=O)CO[C@@H]1C[C@@H]2O.CNNCc1ccc(C(=O)NC(C)C)cc1. The normalized spacial score (nSPS) is 27.5. The molecule has 19 heteroatoms. The number of hydrogen-bond acceptors (Lipinski definition) is 17. The lowest BCUT2D eigenvalue weighted by atomic mass is 9.44. The maximum absolute atomic E-state index is 15.5. The monoisotopic (exact) mass is 1070 g/mol. The highest BCUT2D eigenvalue weighted by atomic mass is 16.6. The van der Waals surface area contributed by atoms with Crippen LogP contribution in [0.25, 0.3) is 0 Å². The Hall–Kier alpha value is -7.13. The number of ketones is 1. The molecule has 2 amide bonds. The van der Waals surface area contributed by atoms with E-state index < -0.39 is 113 Å². The summed E-state index contributed by atoms with van der Waals surface area (Å²) < 4.78 is 30.3. The van der Waals surface area contributed by atoms with Crippen molar-refractivity contribution in [1.82, 2.24) is 21.5 Å². The van der Waals surface area contributed by atoms with Gasteiger partial charge in [-0.15, -0.1) is 0 Å². The highest BCUT2D eigenvalue weighted by molar-refractivity contribution is 5.97. The summed E-state index contributed by atoms with van der Waals surface area (Å²) in [6.45, 7) is 12.6. The van der Waals surface area contributed by atoms with Crippen LogP contribution < -0.4 is 21.5 Å². The summed E-state index contributed by atoms with van der Waals surface area (Å²) in [6, 6.07) is 30.7. The molecule has 4 aliphatic rings. The van der Waals surface area contributed by atoms with Crippen LogP contribution in [0.15, 0.2) is 126 Å². The average Bonchev–Trinajstić information content (AvgIpc) is 3.41. The minimum absolute atomic E-state index is 0.00289. The van der Waals surface area contributed by atoms with Crippen molar-refractivity contribution in [2.75, 3.05) is 13.7 Å². The molecule has 0 radical (unpaired) electrons. The molecule has 78 heavy (non-hydrogen) atoms. The number of amides is 2. The lowest BCUT2D eigenvalue weighted by molar-refractivity contribution is -0.346. The van der Waals surface area contributed by atoms with Crippen molar-refractivity contribution in [3.8, 4) is 0 Å². The number of benzene rings is 4. The van der Waals surface area contributed by atoms with Crippen LogP contribution in [0.1, 0.15) is 116 Å². The number of hydrazine groups is 1. The number of carbonyl (C=O) groups is 7. The molecule has 4 aromatic rings. The van der Waals surface area contributed by atoms with E-state index in [1.54, 1.807) is 92.7 Å². The van der Waals surface area contributed by atoms with E-state index in [2.05, 4.69) is 21.5 Å². The fourth-order valence-corrected chi connectivity index (χ4v) is 11.5. The van der Waals surface area contributed by atoms with Gasteiger partial charge in [0.1, 0.15) is 23.9 Å². The largest absolute Gasteiger partial charge is 0.456 e. The van der Waals surface area contributed by atoms with Gasteiger partial charge in [-0.1, -0.05) is 92.7 Å². The topological polar surface area (TPSA) is 274 Å². The van der Waals surface area contributed by atoms with Crippen LogP contribution in [0.3, 0.4) is 0 Å². The Morgan fingerprint density at radius 2 is 1.32 bits per heavy atom. The second-order valence-corrected chi connectivity index (χ2v) is 21.3. The highest BCUT2D eigenvalue weighted by Crippen LogP contribution is 2.64. The van der Waals surface area contributed by atoms with E-state index in [-0.39, 0.29) is 47.2 Å². The Bertz CT molecular complexity index is 2880. The third-order valence-corrected chi connectivity index (χ3v) is 15.6. The molecule has 1 aliphatic heterocycles. The minimum Gasteiger partial charge on any atom is -0.456 e. The summed E-state index contributed by atoms with van der Waals surface area (Å²) in [5, 5.41) is 43.1. The number of ether oxygens (including phenoxy) is 5. The molecule has 3 aliphatic carbocycles. The molecule has 4 aromatic carbocycles. The molecular formula is C59H70N4O15. The molecule has 0 spiro atoms. The Labute approximate surface area is 453 Å². The van der Waals surface area contributed by atoms with Crippen LogP contribution in [-0.4, -0.2) is 124 Å². The number of nitrogens with one attached hydrogen (secondary N) is 4. The predicted octanol–water partition coefficient (Wildman–Crippen LogP) is 4.78. The van der Waals surface area contributed by atoms with Gasteiger partial charge in [-0.25, -0.2) is 9.59 Å². The van der Waals surface area contributed by atoms with Crippen LogP contribution >= 0.6 is 0 Å². The van der Waals surface area contributed by atoms with Crippen molar-refractivity contribution in [1.29, 1.82) is 0 Å². The van der Waals surface area contributed by atoms with Gasteiger partial charge in [-0.2, -0.15) is 0 Å². The van der Waals surface area contributed by atoms with E-state index in [0.29, 0.717) is 11.1 Å². The number of esters is 4. The van der Waals surface area contributed by atoms with Gasteiger partial charge < -0.3 is 49.6 Å². The maximum atomic E-state index is 15.5. The van der Waals surface area contributed by atoms with Gasteiger partial charge in [0.2, 0.25) is 0 Å². The molecule has 7 N–H and O–H groups in total. The Kier molecular flexibility index (Phi) is 17.9. The molecule has 0 aromatic heterocycles. The number of carbonyl (C=O) groups excluding carboxylic acids is 7. The van der Waals surface area contributed by atoms with Crippen LogP contribution in [0.5, 0.6) is 0 Å². The lowest BCUT2D eigenvalue weighted by Gasteiger charge is -2.67. The lowest BCUT2D eigenvalue weighted by Crippen LogP contribution is -2.82. The molecule has 19 nitrogen and oxygen atoms in total. The summed E-state index contributed by atoms with van der Waals surface area (Å²) in [5.41, 5.74) is 0.657. The van der Waals surface area contributed by atoms with Crippen molar-refractivity contribution < 1.29 is 72.6 Å². The third-order valence-electron chi connectivity index (χ3n) is 15.6. The van der Waals surface area contributed by atoms with Crippen molar-refractivity contribution in [3.05, 3.63) is 154 Å². The molecule has 0 unspecified atom stereocenters. The van der Waals surface area contributed by atoms with E-state index in [0.717, 1.165) is 26.0 Å². The van der Waals surface area contributed by atoms with E-state index in [4.69, 9.17) is 23.7 Å². The maximum Gasteiger partial charge on any atom is 0.338 e. The zero-order chi connectivity index (χ0) is 56.9. The average molecular weight is 1080 g/mol. The summed E-state index contributed by atoms with van der Waals surface area (Å²) in [4.78, 5) is 95.1. The van der Waals surface area contributed by atoms with Gasteiger partial charge >= 0.3 is 23.9 Å². The number of fused-ring (bicyclic) bond motifs is 5. The van der Waals surface area contributed by atoms with Crippen molar-refractivity contribution in [2.45, 2.75) is 135 Å². The van der Waals surface area contributed by atoms with Gasteiger partial charge in [0, 0.05) is 55.8 Å². The van der Waals surface area contributed by atoms with E-state index >= 15 is 4.79 Å². The first-order chi connectivity index (χ1) is 36.9. The Morgan fingerprint density at radius 3 is 1.86 bits per heavy atom. The van der Waals surface area contributed by atoms with Gasteiger partial charge in [0.15, 0.2) is 23.6 Å². The van der Waals surface area contributed by atoms with E-state index in [9.17, 15) is 44.1 Å². The van der Waals surface area contributed by atoms with Gasteiger partial charge in [0.05, 0.1) is 35.6 Å². The van der Waals surface area contributed by atoms with Crippen molar-refractivity contribution >= 4 is 41.5 Å². The smallest absolute Gasteiger partial charge is 0.338 e. The molecule has 3 fully saturated rings. The second kappa shape index (κ2) is 23.9. The zero-order valence-electron chi connectivity index (χ0n) is 45.2. The van der Waals surface area contributed by atoms with Gasteiger partial charge in [-0.05, 0) is 93.4 Å². The minimum atomic E-state index is -2.39. The Morgan fingerprint density at radius 1 is 0.756 bits per heavy atom.